The van der Waals surface area contributed by atoms with Gasteiger partial charge in [0.05, 0.1) is 5.82 Å². The molecule has 0 N–H and O–H groups in total. The van der Waals surface area contributed by atoms with Gasteiger partial charge in [-0.2, -0.15) is 0 Å². The van der Waals surface area contributed by atoms with Gasteiger partial charge in [-0.25, -0.2) is 0 Å². The zero-order valence-electron chi connectivity index (χ0n) is 63.7. The molecule has 5 heterocycles. The molecule has 2 saturated carbocycles. The van der Waals surface area contributed by atoms with Crippen molar-refractivity contribution in [2.24, 2.45) is 0 Å². The van der Waals surface area contributed by atoms with Gasteiger partial charge in [0, 0.05) is 31.0 Å². The van der Waals surface area contributed by atoms with Crippen molar-refractivity contribution < 1.29 is 40.2 Å². The van der Waals surface area contributed by atoms with Crippen molar-refractivity contribution in [1.82, 2.24) is 29.9 Å². The van der Waals surface area contributed by atoms with Crippen LogP contribution in [0.15, 0.2) is 365 Å². The molecular weight excluding hydrogens is 1770 g/mol. The normalized spacial score (nSPS) is 16.4. The van der Waals surface area contributed by atoms with E-state index in [9.17, 15) is 0 Å². The molecule has 6 nitrogen and oxygen atoms in total. The first-order valence-corrected chi connectivity index (χ1v) is 39.7. The van der Waals surface area contributed by atoms with Crippen LogP contribution in [0.4, 0.5) is 0 Å². The first-order chi connectivity index (χ1) is 56.5. The summed E-state index contributed by atoms with van der Waals surface area (Å²) in [5.41, 5.74) is 32.5. The van der Waals surface area contributed by atoms with Crippen molar-refractivity contribution >= 4 is 0 Å². The molecule has 4 atom stereocenters. The number of nitrogens with zero attached hydrogens (tertiary/aromatic N) is 6. The fourth-order valence-corrected chi connectivity index (χ4v) is 18.1. The molecule has 0 aliphatic heterocycles. The minimum absolute atomic E-state index is 0. The SMILES string of the molecule is [Ir+3].[Ir+3].[c-]1cc(-c2ccccc2C2CC(c3ccccc3-c3c[c-]c(-c4ccccn4)cc3)CC(c3ccccc3-c3c[c-]c(-c4ccnc(-c5[c-]cc(-c6ccccc6C6CC(c7ccccc7-c7c[c-]c(-c8ccccn8)cc7)CC(c7ccccc7-c7c[c-]c(-c8ccccn8)cc7)C6)cc5)n4)cc3)C2)ccc1-c1ccccn1. The van der Waals surface area contributed by atoms with Gasteiger partial charge in [-0.15, -0.1) is 179 Å². The molecule has 19 rings (SSSR count). The zero-order valence-corrected chi connectivity index (χ0v) is 68.5. The maximum atomic E-state index is 5.24. The molecule has 8 heteroatoms. The maximum Gasteiger partial charge on any atom is 3.00 e. The van der Waals surface area contributed by atoms with E-state index in [2.05, 4.69) is 311 Å². The van der Waals surface area contributed by atoms with Gasteiger partial charge in [-0.05, 0) is 160 Å². The molecule has 17 aromatic rings. The summed E-state index contributed by atoms with van der Waals surface area (Å²) in [5, 5.41) is 0. The molecular formula is C108H78Ir2N6. The van der Waals surface area contributed by atoms with Crippen LogP contribution in [0.2, 0.25) is 0 Å². The summed E-state index contributed by atoms with van der Waals surface area (Å²) in [6.07, 6.45) is 15.2. The first-order valence-electron chi connectivity index (χ1n) is 39.7. The number of hydrogen-bond acceptors (Lipinski definition) is 6. The van der Waals surface area contributed by atoms with Crippen LogP contribution in [0.3, 0.4) is 0 Å². The quantitative estimate of drug-likeness (QED) is 0.0797. The fraction of sp³-hybridized carbons (Fsp3) is 0.111. The predicted octanol–water partition coefficient (Wildman–Crippen LogP) is 26.5. The van der Waals surface area contributed by atoms with Crippen molar-refractivity contribution in [3.63, 3.8) is 0 Å². The van der Waals surface area contributed by atoms with Gasteiger partial charge in [0.1, 0.15) is 0 Å². The molecule has 0 spiro atoms. The van der Waals surface area contributed by atoms with E-state index in [4.69, 9.17) is 9.97 Å². The first kappa shape index (κ1) is 76.3. The molecule has 2 aliphatic carbocycles. The van der Waals surface area contributed by atoms with Crippen LogP contribution in [0, 0.1) is 36.4 Å². The molecule has 0 radical (unpaired) electrons. The van der Waals surface area contributed by atoms with Crippen LogP contribution >= 0.6 is 0 Å². The summed E-state index contributed by atoms with van der Waals surface area (Å²) in [6.45, 7) is 0. The van der Waals surface area contributed by atoms with E-state index >= 15 is 0 Å². The van der Waals surface area contributed by atoms with Crippen molar-refractivity contribution in [3.05, 3.63) is 434 Å². The van der Waals surface area contributed by atoms with Gasteiger partial charge < -0.3 is 24.9 Å². The minimum atomic E-state index is 0. The van der Waals surface area contributed by atoms with Crippen LogP contribution in [0.5, 0.6) is 0 Å². The second kappa shape index (κ2) is 35.2. The van der Waals surface area contributed by atoms with Gasteiger partial charge >= 0.3 is 40.2 Å². The van der Waals surface area contributed by atoms with Crippen LogP contribution in [0.1, 0.15) is 107 Å². The molecule has 116 heavy (non-hydrogen) atoms. The number of aromatic nitrogens is 6. The predicted molar refractivity (Wildman–Crippen MR) is 461 cm³/mol. The average Bonchev–Trinajstić information content (AvgIpc) is 0.770. The van der Waals surface area contributed by atoms with E-state index in [1.165, 1.54) is 66.8 Å². The Hall–Kier alpha value is -12.4. The van der Waals surface area contributed by atoms with Crippen molar-refractivity contribution in [2.75, 3.05) is 0 Å². The topological polar surface area (TPSA) is 77.3 Å². The molecule has 0 amide bonds. The Kier molecular flexibility index (Phi) is 23.1. The van der Waals surface area contributed by atoms with E-state index in [1.54, 1.807) is 0 Å². The van der Waals surface area contributed by atoms with Gasteiger partial charge in [0.2, 0.25) is 0 Å². The average molecular weight is 1840 g/mol. The summed E-state index contributed by atoms with van der Waals surface area (Å²) in [6, 6.07) is 142. The van der Waals surface area contributed by atoms with E-state index in [-0.39, 0.29) is 75.7 Å². The van der Waals surface area contributed by atoms with Crippen molar-refractivity contribution in [2.45, 2.75) is 74.0 Å². The minimum Gasteiger partial charge on any atom is -0.327 e. The zero-order chi connectivity index (χ0) is 75.9. The molecule has 5 aromatic heterocycles. The molecule has 12 aromatic carbocycles. The maximum absolute atomic E-state index is 5.24. The third kappa shape index (κ3) is 16.2. The summed E-state index contributed by atoms with van der Waals surface area (Å²) in [5.74, 6) is 2.07. The third-order valence-electron chi connectivity index (χ3n) is 23.5. The Balaban J connectivity index is 0.00000484. The van der Waals surface area contributed by atoms with Gasteiger partial charge in [0.25, 0.3) is 0 Å². The number of pyridine rings is 4. The third-order valence-corrected chi connectivity index (χ3v) is 23.5. The van der Waals surface area contributed by atoms with E-state index < -0.39 is 0 Å². The molecule has 0 bridgehead atoms. The number of hydrogen-bond donors (Lipinski definition) is 0. The fourth-order valence-electron chi connectivity index (χ4n) is 18.1. The Morgan fingerprint density at radius 3 is 0.621 bits per heavy atom. The van der Waals surface area contributed by atoms with Crippen LogP contribution in [-0.4, -0.2) is 29.9 Å². The smallest absolute Gasteiger partial charge is 0.327 e. The molecule has 558 valence electrons. The molecule has 4 unspecified atom stereocenters. The Morgan fingerprint density at radius 1 is 0.190 bits per heavy atom. The summed E-state index contributed by atoms with van der Waals surface area (Å²) >= 11 is 0. The second-order valence-corrected chi connectivity index (χ2v) is 30.2. The van der Waals surface area contributed by atoms with Gasteiger partial charge in [0.15, 0.2) is 0 Å². The summed E-state index contributed by atoms with van der Waals surface area (Å²) in [4.78, 5) is 28.7. The number of rotatable bonds is 18. The monoisotopic (exact) mass is 1840 g/mol. The summed E-state index contributed by atoms with van der Waals surface area (Å²) < 4.78 is 0. The van der Waals surface area contributed by atoms with Crippen molar-refractivity contribution in [3.8, 4) is 134 Å². The number of benzene rings is 12. The van der Waals surface area contributed by atoms with Crippen LogP contribution in [0.25, 0.3) is 134 Å². The molecule has 2 fully saturated rings. The Bertz CT molecular complexity index is 5520. The standard InChI is InChI=1S/C108H78N6.2Ir/c1-7-27-97(91(21-1)73-37-49-79(50-38-73)103-33-13-17-62-109-103)85-67-86(98-28-8-2-22-92(98)74-39-51-80(52-40-74)104-34-14-18-63-110-104)70-89(69-85)101-31-11-5-25-95(101)77-45-57-83(58-46-77)107-61-66-113-108(114-107)84-59-47-78(48-60-84)96-26-6-12-32-102(96)90-71-87(99-29-9-3-23-93(99)75-41-53-81(54-42-75)105-35-15-19-64-111-105)68-88(72-90)100-30-10-4-24-94(100)76-43-55-82(56-44-76)106-36-16-20-65-112-106;;/h1-49,51,53,55,57,59,61-66,85-90H,67-72H2;;/q-6;2*+3. The van der Waals surface area contributed by atoms with Gasteiger partial charge in [-0.1, -0.05) is 267 Å². The molecule has 0 saturated heterocycles. The van der Waals surface area contributed by atoms with Crippen LogP contribution in [-0.2, 0) is 40.2 Å². The van der Waals surface area contributed by atoms with E-state index in [1.807, 2.05) is 110 Å². The summed E-state index contributed by atoms with van der Waals surface area (Å²) in [7, 11) is 0. The van der Waals surface area contributed by atoms with Crippen LogP contribution < -0.4 is 0 Å². The second-order valence-electron chi connectivity index (χ2n) is 30.2. The Morgan fingerprint density at radius 2 is 0.405 bits per heavy atom. The van der Waals surface area contributed by atoms with Crippen molar-refractivity contribution in [1.29, 1.82) is 0 Å². The Labute approximate surface area is 707 Å². The van der Waals surface area contributed by atoms with Gasteiger partial charge in [-0.3, -0.25) is 4.98 Å². The molecule has 2 aliphatic rings. The van der Waals surface area contributed by atoms with E-state index in [0.717, 1.165) is 134 Å². The van der Waals surface area contributed by atoms with E-state index in [0.29, 0.717) is 5.82 Å². The largest absolute Gasteiger partial charge is 3.00 e.